The van der Waals surface area contributed by atoms with Crippen molar-refractivity contribution in [1.82, 2.24) is 9.80 Å². The smallest absolute Gasteiger partial charge is 0.253 e. The highest BCUT2D eigenvalue weighted by molar-refractivity contribution is 5.94. The molecule has 0 N–H and O–H groups in total. The summed E-state index contributed by atoms with van der Waals surface area (Å²) in [4.78, 5) is 18.9. The standard InChI is InChI=1S/C25H31F2N3O2/c26-25(27)11-14-28(15-12-25)13-4-20-32-23-9-7-22(8-10-23)29-16-18-30(19-17-29)24(31)21-5-2-1-3-6-21/h1-3,5-10H,4,11-20H2. The van der Waals surface area contributed by atoms with Crippen molar-refractivity contribution in [3.63, 3.8) is 0 Å². The van der Waals surface area contributed by atoms with Gasteiger partial charge in [-0.1, -0.05) is 18.2 Å². The third-order valence-electron chi connectivity index (χ3n) is 6.26. The van der Waals surface area contributed by atoms with Crippen molar-refractivity contribution in [2.75, 3.05) is 57.3 Å². The topological polar surface area (TPSA) is 36.0 Å². The Balaban J connectivity index is 1.17. The number of rotatable bonds is 7. The lowest BCUT2D eigenvalue weighted by Gasteiger charge is -2.36. The van der Waals surface area contributed by atoms with Gasteiger partial charge in [0.15, 0.2) is 0 Å². The minimum Gasteiger partial charge on any atom is -0.494 e. The molecule has 0 radical (unpaired) electrons. The van der Waals surface area contributed by atoms with Crippen LogP contribution in [0, 0.1) is 0 Å². The summed E-state index contributed by atoms with van der Waals surface area (Å²) < 4.78 is 32.2. The van der Waals surface area contributed by atoms with Crippen LogP contribution in [0.2, 0.25) is 0 Å². The molecule has 0 bridgehead atoms. The molecule has 2 aromatic carbocycles. The first-order chi connectivity index (χ1) is 15.5. The Bertz CT molecular complexity index is 859. The molecule has 2 aliphatic rings. The Morgan fingerprint density at radius 1 is 0.875 bits per heavy atom. The molecule has 2 aromatic rings. The zero-order valence-electron chi connectivity index (χ0n) is 18.4. The minimum absolute atomic E-state index is 0.0377. The average molecular weight is 444 g/mol. The third-order valence-corrected chi connectivity index (χ3v) is 6.26. The van der Waals surface area contributed by atoms with Crippen molar-refractivity contribution in [3.8, 4) is 5.75 Å². The fraction of sp³-hybridized carbons (Fsp3) is 0.480. The lowest BCUT2D eigenvalue weighted by atomic mass is 10.1. The molecule has 0 spiro atoms. The fourth-order valence-electron chi connectivity index (χ4n) is 4.27. The summed E-state index contributed by atoms with van der Waals surface area (Å²) in [7, 11) is 0. The number of alkyl halides is 2. The van der Waals surface area contributed by atoms with Gasteiger partial charge in [0.05, 0.1) is 6.61 Å². The summed E-state index contributed by atoms with van der Waals surface area (Å²) >= 11 is 0. The Morgan fingerprint density at radius 2 is 1.53 bits per heavy atom. The van der Waals surface area contributed by atoms with E-state index >= 15 is 0 Å². The third kappa shape index (κ3) is 5.97. The van der Waals surface area contributed by atoms with Crippen molar-refractivity contribution in [2.24, 2.45) is 0 Å². The Labute approximate surface area is 188 Å². The second kappa shape index (κ2) is 10.3. The van der Waals surface area contributed by atoms with Gasteiger partial charge in [-0.2, -0.15) is 0 Å². The van der Waals surface area contributed by atoms with Crippen LogP contribution in [0.5, 0.6) is 5.75 Å². The molecular weight excluding hydrogens is 412 g/mol. The molecule has 0 aromatic heterocycles. The molecule has 7 heteroatoms. The van der Waals surface area contributed by atoms with Crippen LogP contribution in [0.4, 0.5) is 14.5 Å². The number of piperidine rings is 1. The maximum absolute atomic E-state index is 13.2. The zero-order chi connectivity index (χ0) is 22.4. The first-order valence-corrected chi connectivity index (χ1v) is 11.4. The molecule has 0 atom stereocenters. The number of piperazine rings is 1. The molecule has 0 unspecified atom stereocenters. The van der Waals surface area contributed by atoms with E-state index in [1.165, 1.54) is 0 Å². The zero-order valence-corrected chi connectivity index (χ0v) is 18.4. The quantitative estimate of drug-likeness (QED) is 0.603. The van der Waals surface area contributed by atoms with Crippen LogP contribution < -0.4 is 9.64 Å². The number of carbonyl (C=O) groups excluding carboxylic acids is 1. The number of hydrogen-bond donors (Lipinski definition) is 0. The van der Waals surface area contributed by atoms with Crippen molar-refractivity contribution in [3.05, 3.63) is 60.2 Å². The molecule has 0 saturated carbocycles. The number of nitrogens with zero attached hydrogens (tertiary/aromatic N) is 3. The predicted molar refractivity (Wildman–Crippen MR) is 122 cm³/mol. The van der Waals surface area contributed by atoms with Gasteiger partial charge in [0, 0.05) is 69.9 Å². The summed E-state index contributed by atoms with van der Waals surface area (Å²) in [6.07, 6.45) is 0.749. The van der Waals surface area contributed by atoms with E-state index in [1.54, 1.807) is 0 Å². The predicted octanol–water partition coefficient (Wildman–Crippen LogP) is 4.15. The van der Waals surface area contributed by atoms with E-state index in [-0.39, 0.29) is 18.7 Å². The summed E-state index contributed by atoms with van der Waals surface area (Å²) in [6.45, 7) is 5.30. The van der Waals surface area contributed by atoms with Gasteiger partial charge < -0.3 is 19.4 Å². The summed E-state index contributed by atoms with van der Waals surface area (Å²) in [6, 6.07) is 17.5. The SMILES string of the molecule is O=C(c1ccccc1)N1CCN(c2ccc(OCCCN3CCC(F)(F)CC3)cc2)CC1. The van der Waals surface area contributed by atoms with Gasteiger partial charge >= 0.3 is 0 Å². The number of likely N-dealkylation sites (tertiary alicyclic amines) is 1. The average Bonchev–Trinajstić information content (AvgIpc) is 2.83. The van der Waals surface area contributed by atoms with Crippen molar-refractivity contribution < 1.29 is 18.3 Å². The van der Waals surface area contributed by atoms with Crippen LogP contribution >= 0.6 is 0 Å². The van der Waals surface area contributed by atoms with Gasteiger partial charge in [0.25, 0.3) is 11.8 Å². The molecule has 172 valence electrons. The summed E-state index contributed by atoms with van der Waals surface area (Å²) in [5.74, 6) is -1.58. The lowest BCUT2D eigenvalue weighted by Crippen LogP contribution is -2.48. The van der Waals surface area contributed by atoms with E-state index in [0.717, 1.165) is 43.1 Å². The van der Waals surface area contributed by atoms with Gasteiger partial charge in [-0.3, -0.25) is 4.79 Å². The molecular formula is C25H31F2N3O2. The molecule has 0 aliphatic carbocycles. The number of benzene rings is 2. The van der Waals surface area contributed by atoms with Crippen LogP contribution in [0.1, 0.15) is 29.6 Å². The van der Waals surface area contributed by atoms with Crippen molar-refractivity contribution >= 4 is 11.6 Å². The Kier molecular flexibility index (Phi) is 7.25. The van der Waals surface area contributed by atoms with Crippen LogP contribution in [0.25, 0.3) is 0 Å². The number of hydrogen-bond acceptors (Lipinski definition) is 4. The number of amides is 1. The van der Waals surface area contributed by atoms with Crippen LogP contribution in [0.15, 0.2) is 54.6 Å². The van der Waals surface area contributed by atoms with Crippen LogP contribution in [-0.4, -0.2) is 74.0 Å². The highest BCUT2D eigenvalue weighted by atomic mass is 19.3. The maximum Gasteiger partial charge on any atom is 0.253 e. The highest BCUT2D eigenvalue weighted by Crippen LogP contribution is 2.27. The lowest BCUT2D eigenvalue weighted by molar-refractivity contribution is -0.0554. The molecule has 1 amide bonds. The molecule has 2 heterocycles. The van der Waals surface area contributed by atoms with Gasteiger partial charge in [-0.15, -0.1) is 0 Å². The molecule has 5 nitrogen and oxygen atoms in total. The first kappa shape index (κ1) is 22.5. The number of ether oxygens (including phenoxy) is 1. The molecule has 2 fully saturated rings. The van der Waals surface area contributed by atoms with Crippen molar-refractivity contribution in [2.45, 2.75) is 25.2 Å². The van der Waals surface area contributed by atoms with Crippen LogP contribution in [0.3, 0.4) is 0 Å². The van der Waals surface area contributed by atoms with Crippen LogP contribution in [-0.2, 0) is 0 Å². The van der Waals surface area contributed by atoms with Crippen molar-refractivity contribution in [1.29, 1.82) is 0 Å². The molecule has 32 heavy (non-hydrogen) atoms. The van der Waals surface area contributed by atoms with Gasteiger partial charge in [-0.05, 0) is 42.8 Å². The van der Waals surface area contributed by atoms with E-state index in [2.05, 4.69) is 21.9 Å². The summed E-state index contributed by atoms with van der Waals surface area (Å²) in [5.41, 5.74) is 1.86. The normalized spacial score (nSPS) is 19.1. The Morgan fingerprint density at radius 3 is 2.19 bits per heavy atom. The van der Waals surface area contributed by atoms with E-state index < -0.39 is 5.92 Å². The number of halogens is 2. The second-order valence-corrected chi connectivity index (χ2v) is 8.54. The van der Waals surface area contributed by atoms with Gasteiger partial charge in [-0.25, -0.2) is 8.78 Å². The molecule has 2 saturated heterocycles. The molecule has 2 aliphatic heterocycles. The fourth-order valence-corrected chi connectivity index (χ4v) is 4.27. The van der Waals surface area contributed by atoms with Gasteiger partial charge in [0.1, 0.15) is 5.75 Å². The monoisotopic (exact) mass is 443 g/mol. The maximum atomic E-state index is 13.2. The minimum atomic E-state index is -2.49. The van der Waals surface area contributed by atoms with E-state index in [0.29, 0.717) is 32.8 Å². The van der Waals surface area contributed by atoms with E-state index in [9.17, 15) is 13.6 Å². The van der Waals surface area contributed by atoms with E-state index in [1.807, 2.05) is 47.4 Å². The number of carbonyl (C=O) groups is 1. The number of anilines is 1. The van der Waals surface area contributed by atoms with Gasteiger partial charge in [0.2, 0.25) is 0 Å². The second-order valence-electron chi connectivity index (χ2n) is 8.54. The first-order valence-electron chi connectivity index (χ1n) is 11.4. The Hall–Kier alpha value is -2.67. The van der Waals surface area contributed by atoms with E-state index in [4.69, 9.17) is 4.74 Å². The largest absolute Gasteiger partial charge is 0.494 e. The summed E-state index contributed by atoms with van der Waals surface area (Å²) in [5, 5.41) is 0. The molecule has 4 rings (SSSR count). The highest BCUT2D eigenvalue weighted by Gasteiger charge is 2.33.